The molecule has 0 atom stereocenters. The van der Waals surface area contributed by atoms with Gasteiger partial charge < -0.3 is 19.5 Å². The second-order valence-corrected chi connectivity index (χ2v) is 5.63. The molecule has 0 unspecified atom stereocenters. The summed E-state index contributed by atoms with van der Waals surface area (Å²) in [5.41, 5.74) is 1.96. The number of rotatable bonds is 6. The molecule has 3 rings (SSSR count). The summed E-state index contributed by atoms with van der Waals surface area (Å²) in [6.45, 7) is -0.451. The van der Waals surface area contributed by atoms with E-state index in [0.717, 1.165) is 11.7 Å². The molecule has 0 bridgehead atoms. The van der Waals surface area contributed by atoms with Crippen molar-refractivity contribution in [2.45, 2.75) is 0 Å². The third-order valence-electron chi connectivity index (χ3n) is 3.52. The van der Waals surface area contributed by atoms with Crippen LogP contribution in [-0.4, -0.2) is 41.5 Å². The summed E-state index contributed by atoms with van der Waals surface area (Å²) in [6.07, 6.45) is 0. The number of nitrogens with zero attached hydrogens (tertiary/aromatic N) is 2. The number of carbonyl (C=O) groups is 2. The predicted molar refractivity (Wildman–Crippen MR) is 95.9 cm³/mol. The molecule has 0 spiro atoms. The number of hydrogen-bond donors (Lipinski definition) is 1. The Kier molecular flexibility index (Phi) is 5.28. The molecule has 0 aliphatic rings. The van der Waals surface area contributed by atoms with Gasteiger partial charge in [-0.25, -0.2) is 4.79 Å². The number of amides is 1. The summed E-state index contributed by atoms with van der Waals surface area (Å²) in [4.78, 5) is 24.4. The molecule has 0 aliphatic carbocycles. The summed E-state index contributed by atoms with van der Waals surface area (Å²) < 4.78 is 23.6. The van der Waals surface area contributed by atoms with E-state index in [1.54, 1.807) is 30.3 Å². The van der Waals surface area contributed by atoms with Gasteiger partial charge in [0.25, 0.3) is 5.91 Å². The van der Waals surface area contributed by atoms with Gasteiger partial charge in [0.2, 0.25) is 0 Å². The minimum atomic E-state index is -0.690. The second-order valence-electron chi connectivity index (χ2n) is 5.10. The Balaban J connectivity index is 1.66. The first-order valence-electron chi connectivity index (χ1n) is 7.53. The number of ether oxygens (including phenoxy) is 3. The van der Waals surface area contributed by atoms with E-state index in [9.17, 15) is 9.59 Å². The van der Waals surface area contributed by atoms with E-state index in [2.05, 4.69) is 14.1 Å². The van der Waals surface area contributed by atoms with Crippen molar-refractivity contribution in [3.05, 3.63) is 42.0 Å². The summed E-state index contributed by atoms with van der Waals surface area (Å²) in [5, 5.41) is 2.66. The number of para-hydroxylation sites is 1. The zero-order valence-electron chi connectivity index (χ0n) is 14.0. The van der Waals surface area contributed by atoms with Crippen LogP contribution in [0, 0.1) is 0 Å². The van der Waals surface area contributed by atoms with Gasteiger partial charge in [0.15, 0.2) is 18.1 Å². The average Bonchev–Trinajstić information content (AvgIpc) is 3.15. The summed E-state index contributed by atoms with van der Waals surface area (Å²) in [6, 6.07) is 10.1. The maximum absolute atomic E-state index is 12.3. The van der Waals surface area contributed by atoms with Gasteiger partial charge in [0.1, 0.15) is 16.6 Å². The Labute approximate surface area is 153 Å². The lowest BCUT2D eigenvalue weighted by Gasteiger charge is -2.12. The second kappa shape index (κ2) is 7.79. The molecule has 2 aromatic carbocycles. The van der Waals surface area contributed by atoms with Crippen molar-refractivity contribution in [3.63, 3.8) is 0 Å². The lowest BCUT2D eigenvalue weighted by molar-refractivity contribution is -0.119. The average molecular weight is 373 g/mol. The number of carbonyl (C=O) groups excluding carboxylic acids is 2. The molecule has 0 fully saturated rings. The van der Waals surface area contributed by atoms with Gasteiger partial charge in [-0.1, -0.05) is 12.1 Å². The van der Waals surface area contributed by atoms with Gasteiger partial charge in [-0.15, -0.1) is 0 Å². The molecule has 0 saturated heterocycles. The first-order valence-corrected chi connectivity index (χ1v) is 8.26. The van der Waals surface area contributed by atoms with E-state index < -0.39 is 18.5 Å². The molecule has 9 heteroatoms. The fraction of sp³-hybridized carbons (Fsp3) is 0.176. The van der Waals surface area contributed by atoms with Crippen molar-refractivity contribution in [3.8, 4) is 11.5 Å². The molecule has 3 aromatic rings. The van der Waals surface area contributed by atoms with E-state index in [1.165, 1.54) is 20.3 Å². The van der Waals surface area contributed by atoms with Crippen LogP contribution in [0.3, 0.4) is 0 Å². The SMILES string of the molecule is COc1cccc(C(=O)OCC(=O)Nc2cccc3nsnc23)c1OC. The van der Waals surface area contributed by atoms with Crippen molar-refractivity contribution in [1.82, 2.24) is 8.75 Å². The first-order chi connectivity index (χ1) is 12.6. The van der Waals surface area contributed by atoms with Crippen LogP contribution in [0.1, 0.15) is 10.4 Å². The summed E-state index contributed by atoms with van der Waals surface area (Å²) in [5.74, 6) is -0.530. The van der Waals surface area contributed by atoms with Crippen molar-refractivity contribution >= 4 is 40.3 Å². The van der Waals surface area contributed by atoms with Crippen molar-refractivity contribution in [2.24, 2.45) is 0 Å². The molecule has 0 radical (unpaired) electrons. The van der Waals surface area contributed by atoms with Gasteiger partial charge in [-0.3, -0.25) is 4.79 Å². The summed E-state index contributed by atoms with van der Waals surface area (Å²) >= 11 is 1.05. The normalized spacial score (nSPS) is 10.4. The number of esters is 1. The third-order valence-corrected chi connectivity index (χ3v) is 4.06. The molecule has 1 amide bonds. The molecule has 134 valence electrons. The van der Waals surface area contributed by atoms with E-state index in [-0.39, 0.29) is 11.3 Å². The molecule has 0 aliphatic heterocycles. The molecule has 26 heavy (non-hydrogen) atoms. The number of fused-ring (bicyclic) bond motifs is 1. The largest absolute Gasteiger partial charge is 0.493 e. The quantitative estimate of drug-likeness (QED) is 0.663. The highest BCUT2D eigenvalue weighted by molar-refractivity contribution is 7.00. The van der Waals surface area contributed by atoms with E-state index in [1.807, 2.05) is 0 Å². The van der Waals surface area contributed by atoms with Gasteiger partial charge >= 0.3 is 5.97 Å². The highest BCUT2D eigenvalue weighted by Crippen LogP contribution is 2.31. The minimum Gasteiger partial charge on any atom is -0.493 e. The molecule has 1 aromatic heterocycles. The van der Waals surface area contributed by atoms with Crippen LogP contribution in [0.4, 0.5) is 5.69 Å². The van der Waals surface area contributed by atoms with Crippen LogP contribution < -0.4 is 14.8 Å². The molecule has 8 nitrogen and oxygen atoms in total. The van der Waals surface area contributed by atoms with Crippen LogP contribution in [0.15, 0.2) is 36.4 Å². The van der Waals surface area contributed by atoms with Gasteiger partial charge in [0.05, 0.1) is 31.6 Å². The zero-order valence-corrected chi connectivity index (χ0v) is 14.8. The fourth-order valence-corrected chi connectivity index (χ4v) is 2.90. The Morgan fingerprint density at radius 3 is 2.65 bits per heavy atom. The Morgan fingerprint density at radius 1 is 1.08 bits per heavy atom. The highest BCUT2D eigenvalue weighted by atomic mass is 32.1. The van der Waals surface area contributed by atoms with Crippen molar-refractivity contribution < 1.29 is 23.8 Å². The summed E-state index contributed by atoms with van der Waals surface area (Å²) in [7, 11) is 2.89. The van der Waals surface area contributed by atoms with Crippen molar-refractivity contribution in [1.29, 1.82) is 0 Å². The van der Waals surface area contributed by atoms with Gasteiger partial charge in [-0.05, 0) is 24.3 Å². The number of benzene rings is 2. The lowest BCUT2D eigenvalue weighted by Crippen LogP contribution is -2.21. The molecule has 1 N–H and O–H groups in total. The van der Waals surface area contributed by atoms with Gasteiger partial charge in [0, 0.05) is 0 Å². The maximum atomic E-state index is 12.3. The monoisotopic (exact) mass is 373 g/mol. The Bertz CT molecular complexity index is 956. The standard InChI is InChI=1S/C17H15N3O5S/c1-23-13-8-3-5-10(16(13)24-2)17(22)25-9-14(21)18-11-6-4-7-12-15(11)20-26-19-12/h3-8H,9H2,1-2H3,(H,18,21). The third kappa shape index (κ3) is 3.57. The minimum absolute atomic E-state index is 0.172. The Morgan fingerprint density at radius 2 is 1.88 bits per heavy atom. The smallest absolute Gasteiger partial charge is 0.342 e. The molecule has 1 heterocycles. The highest BCUT2D eigenvalue weighted by Gasteiger charge is 2.19. The molecular formula is C17H15N3O5S. The number of anilines is 1. The lowest BCUT2D eigenvalue weighted by atomic mass is 10.2. The molecular weight excluding hydrogens is 358 g/mol. The van der Waals surface area contributed by atoms with Crippen LogP contribution in [0.5, 0.6) is 11.5 Å². The topological polar surface area (TPSA) is 99.6 Å². The zero-order chi connectivity index (χ0) is 18.5. The van der Waals surface area contributed by atoms with Crippen LogP contribution in [-0.2, 0) is 9.53 Å². The van der Waals surface area contributed by atoms with E-state index in [4.69, 9.17) is 14.2 Å². The van der Waals surface area contributed by atoms with E-state index >= 15 is 0 Å². The number of hydrogen-bond acceptors (Lipinski definition) is 8. The number of nitrogens with one attached hydrogen (secondary N) is 1. The number of aromatic nitrogens is 2. The van der Waals surface area contributed by atoms with Crippen molar-refractivity contribution in [2.75, 3.05) is 26.1 Å². The van der Waals surface area contributed by atoms with Crippen LogP contribution >= 0.6 is 11.7 Å². The Hall–Kier alpha value is -3.20. The maximum Gasteiger partial charge on any atom is 0.342 e. The fourth-order valence-electron chi connectivity index (χ4n) is 2.35. The van der Waals surface area contributed by atoms with Crippen LogP contribution in [0.25, 0.3) is 11.0 Å². The first kappa shape index (κ1) is 17.6. The van der Waals surface area contributed by atoms with Crippen LogP contribution in [0.2, 0.25) is 0 Å². The number of methoxy groups -OCH3 is 2. The van der Waals surface area contributed by atoms with Gasteiger partial charge in [-0.2, -0.15) is 8.75 Å². The van der Waals surface area contributed by atoms with E-state index in [0.29, 0.717) is 22.5 Å². The molecule has 0 saturated carbocycles. The predicted octanol–water partition coefficient (Wildman–Crippen LogP) is 2.50.